The third kappa shape index (κ3) is 13.0. The first kappa shape index (κ1) is 45.1. The lowest BCUT2D eigenvalue weighted by atomic mass is 9.94. The quantitative estimate of drug-likeness (QED) is 0.0858. The largest absolute Gasteiger partial charge is 0.381 e. The number of fused-ring (bicyclic) bond motifs is 3. The summed E-state index contributed by atoms with van der Waals surface area (Å²) >= 11 is 0. The Morgan fingerprint density at radius 1 is 0.441 bits per heavy atom. The van der Waals surface area contributed by atoms with E-state index in [0.29, 0.717) is 0 Å². The number of benzene rings is 6. The van der Waals surface area contributed by atoms with Crippen LogP contribution in [0.1, 0.15) is 100 Å². The number of para-hydroxylation sites is 1. The van der Waals surface area contributed by atoms with Gasteiger partial charge in [-0.05, 0) is 134 Å². The summed E-state index contributed by atoms with van der Waals surface area (Å²) < 4.78 is 13.8. The van der Waals surface area contributed by atoms with Crippen LogP contribution in [0, 0.1) is 20.8 Å². The molecule has 0 fully saturated rings. The number of aromatic nitrogens is 1. The van der Waals surface area contributed by atoms with Crippen molar-refractivity contribution < 1.29 is 9.47 Å². The van der Waals surface area contributed by atoms with Gasteiger partial charge in [-0.2, -0.15) is 0 Å². The second-order valence-corrected chi connectivity index (χ2v) is 15.9. The van der Waals surface area contributed by atoms with Gasteiger partial charge in [0.25, 0.3) is 0 Å². The second kappa shape index (κ2) is 24.2. The number of ether oxygens (including phenoxy) is 2. The van der Waals surface area contributed by atoms with Gasteiger partial charge in [-0.15, -0.1) is 0 Å². The molecule has 0 atom stereocenters. The molecule has 1 heterocycles. The van der Waals surface area contributed by atoms with E-state index in [1.54, 1.807) is 0 Å². The molecule has 0 unspecified atom stereocenters. The molecule has 0 saturated carbocycles. The SMILES string of the molecule is CCC.CCCCOCCCc1ccc(C)c(-c2ccccc2C)c1.CCCCOCCCc1ccc2c(c1)c1ccccc1n2-c1ccc(-c2ccc(C)cc2)cc1. The fraction of sp³-hybridized carbons (Fsp3) is 0.357. The van der Waals surface area contributed by atoms with Gasteiger partial charge >= 0.3 is 0 Å². The first-order valence-corrected chi connectivity index (χ1v) is 22.4. The number of rotatable bonds is 17. The third-order valence-electron chi connectivity index (χ3n) is 10.8. The number of unbranched alkanes of at least 4 members (excludes halogenated alkanes) is 2. The zero-order chi connectivity index (χ0) is 41.8. The van der Waals surface area contributed by atoms with Gasteiger partial charge in [0, 0.05) is 42.9 Å². The minimum absolute atomic E-state index is 0.840. The summed E-state index contributed by atoms with van der Waals surface area (Å²) in [6.07, 6.45) is 10.3. The van der Waals surface area contributed by atoms with Crippen molar-refractivity contribution in [1.29, 1.82) is 0 Å². The number of nitrogens with zero attached hydrogens (tertiary/aromatic N) is 1. The van der Waals surface area contributed by atoms with E-state index in [-0.39, 0.29) is 0 Å². The standard InChI is InChI=1S/C32H33NO.C21H28O.C3H8/c1-3-4-21-34-22-7-8-25-13-20-32-30(23-25)29-9-5-6-10-31(29)33(32)28-18-16-27(17-19-28)26-14-11-24(2)12-15-26;1-4-5-14-22-15-8-10-19-13-12-18(3)21(16-19)20-11-7-6-9-17(20)2;1-3-2/h5-6,9-20,23H,3-4,7-8,21-22H2,1-2H3;6-7,9,11-13,16H,4-5,8,10,14-15H2,1-3H3;3H2,1-2H3. The van der Waals surface area contributed by atoms with Crippen molar-refractivity contribution in [3.63, 3.8) is 0 Å². The smallest absolute Gasteiger partial charge is 0.0541 e. The predicted octanol–water partition coefficient (Wildman–Crippen LogP) is 15.6. The summed E-state index contributed by atoms with van der Waals surface area (Å²) in [4.78, 5) is 0. The van der Waals surface area contributed by atoms with Crippen molar-refractivity contribution in [3.8, 4) is 27.9 Å². The maximum atomic E-state index is 5.76. The highest BCUT2D eigenvalue weighted by atomic mass is 16.5. The Kier molecular flexibility index (Phi) is 18.5. The molecule has 1 aromatic heterocycles. The van der Waals surface area contributed by atoms with Crippen LogP contribution in [0.5, 0.6) is 0 Å². The van der Waals surface area contributed by atoms with Gasteiger partial charge in [0.05, 0.1) is 11.0 Å². The predicted molar refractivity (Wildman–Crippen MR) is 256 cm³/mol. The summed E-state index contributed by atoms with van der Waals surface area (Å²) in [5, 5.41) is 2.63. The molecule has 0 aliphatic rings. The Labute approximate surface area is 356 Å². The molecule has 0 amide bonds. The summed E-state index contributed by atoms with van der Waals surface area (Å²) in [7, 11) is 0. The number of aryl methyl sites for hydroxylation is 5. The molecular weight excluding hydrogens is 719 g/mol. The maximum Gasteiger partial charge on any atom is 0.0541 e. The number of hydrogen-bond donors (Lipinski definition) is 0. The molecule has 59 heavy (non-hydrogen) atoms. The Balaban J connectivity index is 0.000000229. The first-order chi connectivity index (χ1) is 28.9. The van der Waals surface area contributed by atoms with Crippen LogP contribution in [0.3, 0.4) is 0 Å². The van der Waals surface area contributed by atoms with Gasteiger partial charge in [0.1, 0.15) is 0 Å². The lowest BCUT2D eigenvalue weighted by Gasteiger charge is -2.12. The van der Waals surface area contributed by atoms with E-state index in [2.05, 4.69) is 186 Å². The molecule has 6 aromatic carbocycles. The molecule has 7 rings (SSSR count). The molecule has 0 bridgehead atoms. The molecule has 0 radical (unpaired) electrons. The highest BCUT2D eigenvalue weighted by Gasteiger charge is 2.13. The lowest BCUT2D eigenvalue weighted by molar-refractivity contribution is 0.129. The monoisotopic (exact) mass is 788 g/mol. The van der Waals surface area contributed by atoms with Crippen molar-refractivity contribution in [2.24, 2.45) is 0 Å². The molecule has 0 saturated heterocycles. The molecule has 3 heteroatoms. The van der Waals surface area contributed by atoms with Crippen LogP contribution in [0.2, 0.25) is 0 Å². The van der Waals surface area contributed by atoms with Gasteiger partial charge in [0.15, 0.2) is 0 Å². The van der Waals surface area contributed by atoms with Crippen LogP contribution in [-0.4, -0.2) is 31.0 Å². The zero-order valence-electron chi connectivity index (χ0n) is 37.2. The topological polar surface area (TPSA) is 23.4 Å². The third-order valence-corrected chi connectivity index (χ3v) is 10.8. The van der Waals surface area contributed by atoms with Crippen molar-refractivity contribution in [3.05, 3.63) is 161 Å². The van der Waals surface area contributed by atoms with Crippen LogP contribution < -0.4 is 0 Å². The van der Waals surface area contributed by atoms with Gasteiger partial charge in [-0.3, -0.25) is 0 Å². The average molecular weight is 788 g/mol. The Hall–Kier alpha value is -4.96. The zero-order valence-corrected chi connectivity index (χ0v) is 37.2. The van der Waals surface area contributed by atoms with Gasteiger partial charge < -0.3 is 14.0 Å². The summed E-state index contributed by atoms with van der Waals surface area (Å²) in [6.45, 7) is 18.6. The van der Waals surface area contributed by atoms with Gasteiger partial charge in [0.2, 0.25) is 0 Å². The van der Waals surface area contributed by atoms with Crippen LogP contribution in [0.25, 0.3) is 49.7 Å². The molecule has 0 aliphatic carbocycles. The van der Waals surface area contributed by atoms with E-state index in [4.69, 9.17) is 9.47 Å². The fourth-order valence-corrected chi connectivity index (χ4v) is 7.45. The maximum absolute atomic E-state index is 5.76. The van der Waals surface area contributed by atoms with Crippen LogP contribution >= 0.6 is 0 Å². The summed E-state index contributed by atoms with van der Waals surface area (Å²) in [6, 6.07) is 48.8. The normalized spacial score (nSPS) is 11.0. The highest BCUT2D eigenvalue weighted by Crippen LogP contribution is 2.34. The molecule has 7 aromatic rings. The second-order valence-electron chi connectivity index (χ2n) is 15.9. The Morgan fingerprint density at radius 2 is 0.949 bits per heavy atom. The highest BCUT2D eigenvalue weighted by molar-refractivity contribution is 6.09. The van der Waals surface area contributed by atoms with E-state index in [9.17, 15) is 0 Å². The minimum atomic E-state index is 0.840. The lowest BCUT2D eigenvalue weighted by Crippen LogP contribution is -1.99. The van der Waals surface area contributed by atoms with E-state index in [1.165, 1.54) is 103 Å². The fourth-order valence-electron chi connectivity index (χ4n) is 7.45. The molecule has 310 valence electrons. The molecular formula is C56H69NO2. The summed E-state index contributed by atoms with van der Waals surface area (Å²) in [5.74, 6) is 0. The minimum Gasteiger partial charge on any atom is -0.381 e. The Morgan fingerprint density at radius 3 is 1.58 bits per heavy atom. The van der Waals surface area contributed by atoms with E-state index < -0.39 is 0 Å². The molecule has 0 aliphatic heterocycles. The van der Waals surface area contributed by atoms with Crippen LogP contribution in [-0.2, 0) is 22.3 Å². The average Bonchev–Trinajstić information content (AvgIpc) is 3.59. The Bertz CT molecular complexity index is 2280. The van der Waals surface area contributed by atoms with Gasteiger partial charge in [-0.1, -0.05) is 156 Å². The first-order valence-electron chi connectivity index (χ1n) is 22.4. The van der Waals surface area contributed by atoms with Crippen LogP contribution in [0.15, 0.2) is 133 Å². The summed E-state index contributed by atoms with van der Waals surface area (Å²) in [5.41, 5.74) is 15.7. The van der Waals surface area contributed by atoms with Crippen molar-refractivity contribution in [1.82, 2.24) is 4.57 Å². The van der Waals surface area contributed by atoms with Crippen molar-refractivity contribution in [2.45, 2.75) is 106 Å². The van der Waals surface area contributed by atoms with E-state index in [1.807, 2.05) is 0 Å². The van der Waals surface area contributed by atoms with Crippen molar-refractivity contribution >= 4 is 21.8 Å². The van der Waals surface area contributed by atoms with E-state index >= 15 is 0 Å². The van der Waals surface area contributed by atoms with Crippen molar-refractivity contribution in [2.75, 3.05) is 26.4 Å². The molecule has 0 N–H and O–H groups in total. The number of hydrogen-bond acceptors (Lipinski definition) is 2. The molecule has 3 nitrogen and oxygen atoms in total. The molecule has 0 spiro atoms. The van der Waals surface area contributed by atoms with Crippen LogP contribution in [0.4, 0.5) is 0 Å². The van der Waals surface area contributed by atoms with E-state index in [0.717, 1.165) is 58.5 Å². The van der Waals surface area contributed by atoms with Gasteiger partial charge in [-0.25, -0.2) is 0 Å².